The van der Waals surface area contributed by atoms with Gasteiger partial charge in [0, 0.05) is 12.2 Å². The maximum absolute atomic E-state index is 11.4. The molecule has 2 N–H and O–H groups in total. The molecule has 3 rings (SSSR count). The number of anilines is 1. The molecule has 0 saturated carbocycles. The summed E-state index contributed by atoms with van der Waals surface area (Å²) in [4.78, 5) is 11.4. The van der Waals surface area contributed by atoms with Gasteiger partial charge in [-0.2, -0.15) is 0 Å². The number of hydrogen-bond donors (Lipinski definition) is 2. The van der Waals surface area contributed by atoms with Crippen molar-refractivity contribution >= 4 is 17.2 Å². The van der Waals surface area contributed by atoms with Gasteiger partial charge in [-0.25, -0.2) is 4.79 Å². The normalized spacial score (nSPS) is 13.3. The Morgan fingerprint density at radius 2 is 1.58 bits per heavy atom. The topological polar surface area (TPSA) is 58.6 Å². The van der Waals surface area contributed by atoms with Crippen LogP contribution in [0.4, 0.5) is 5.69 Å². The SMILES string of the molecule is CC[C@](C)(Oc1ccc(NCC=C(C)c2ccc(-c3ccccc3)cc2)cc1)C(=O)O. The van der Waals surface area contributed by atoms with Crippen LogP contribution in [-0.2, 0) is 4.79 Å². The molecule has 0 radical (unpaired) electrons. The fourth-order valence-electron chi connectivity index (χ4n) is 3.16. The molecule has 0 heterocycles. The average molecular weight is 416 g/mol. The first-order chi connectivity index (χ1) is 14.9. The first kappa shape index (κ1) is 22.2. The van der Waals surface area contributed by atoms with Crippen molar-refractivity contribution < 1.29 is 14.6 Å². The van der Waals surface area contributed by atoms with E-state index in [-0.39, 0.29) is 0 Å². The van der Waals surface area contributed by atoms with E-state index >= 15 is 0 Å². The van der Waals surface area contributed by atoms with Gasteiger partial charge in [0.05, 0.1) is 0 Å². The standard InChI is InChI=1S/C27H29NO3/c1-4-27(3,26(29)30)31-25-16-14-24(15-17-25)28-19-18-20(2)21-10-12-23(13-11-21)22-8-6-5-7-9-22/h5-18,28H,4,19H2,1-3H3,(H,29,30)/t27-/m0/s1. The van der Waals surface area contributed by atoms with E-state index in [1.807, 2.05) is 30.3 Å². The van der Waals surface area contributed by atoms with Crippen LogP contribution in [0.1, 0.15) is 32.8 Å². The number of benzene rings is 3. The van der Waals surface area contributed by atoms with Crippen LogP contribution in [-0.4, -0.2) is 23.2 Å². The minimum Gasteiger partial charge on any atom is -0.478 e. The van der Waals surface area contributed by atoms with Crippen molar-refractivity contribution in [3.05, 3.63) is 90.5 Å². The molecule has 4 nitrogen and oxygen atoms in total. The maximum Gasteiger partial charge on any atom is 0.347 e. The van der Waals surface area contributed by atoms with Crippen LogP contribution in [0.2, 0.25) is 0 Å². The molecule has 0 saturated heterocycles. The highest BCUT2D eigenvalue weighted by molar-refractivity contribution is 5.77. The van der Waals surface area contributed by atoms with Gasteiger partial charge in [-0.05, 0) is 66.8 Å². The van der Waals surface area contributed by atoms with Crippen molar-refractivity contribution in [2.24, 2.45) is 0 Å². The number of carboxylic acid groups (broad SMARTS) is 1. The number of rotatable bonds is 9. The zero-order valence-electron chi connectivity index (χ0n) is 18.3. The molecule has 4 heteroatoms. The van der Waals surface area contributed by atoms with E-state index in [4.69, 9.17) is 4.74 Å². The number of ether oxygens (including phenoxy) is 1. The van der Waals surface area contributed by atoms with Crippen molar-refractivity contribution in [2.45, 2.75) is 32.8 Å². The van der Waals surface area contributed by atoms with Gasteiger partial charge in [0.1, 0.15) is 5.75 Å². The van der Waals surface area contributed by atoms with Gasteiger partial charge in [0.15, 0.2) is 0 Å². The molecule has 160 valence electrons. The summed E-state index contributed by atoms with van der Waals surface area (Å²) in [6.07, 6.45) is 2.54. The molecule has 0 spiro atoms. The van der Waals surface area contributed by atoms with Crippen LogP contribution in [0, 0.1) is 0 Å². The number of hydrogen-bond acceptors (Lipinski definition) is 3. The maximum atomic E-state index is 11.4. The van der Waals surface area contributed by atoms with E-state index in [0.29, 0.717) is 18.7 Å². The lowest BCUT2D eigenvalue weighted by molar-refractivity contribution is -0.154. The van der Waals surface area contributed by atoms with Crippen LogP contribution in [0.25, 0.3) is 16.7 Å². The average Bonchev–Trinajstić information content (AvgIpc) is 2.80. The Bertz CT molecular complexity index is 1020. The minimum absolute atomic E-state index is 0.388. The number of aliphatic carboxylic acids is 1. The third-order valence-electron chi connectivity index (χ3n) is 5.49. The largest absolute Gasteiger partial charge is 0.478 e. The molecule has 0 aliphatic carbocycles. The number of allylic oxidation sites excluding steroid dienone is 1. The van der Waals surface area contributed by atoms with Crippen molar-refractivity contribution in [3.8, 4) is 16.9 Å². The van der Waals surface area contributed by atoms with Gasteiger partial charge in [-0.3, -0.25) is 0 Å². The Kier molecular flexibility index (Phi) is 7.14. The van der Waals surface area contributed by atoms with Crippen LogP contribution in [0.15, 0.2) is 84.9 Å². The molecule has 3 aromatic carbocycles. The Hall–Kier alpha value is -3.53. The van der Waals surface area contributed by atoms with E-state index in [1.165, 1.54) is 22.3 Å². The Morgan fingerprint density at radius 3 is 2.16 bits per heavy atom. The molecule has 0 aliphatic heterocycles. The zero-order valence-corrected chi connectivity index (χ0v) is 18.3. The minimum atomic E-state index is -1.22. The summed E-state index contributed by atoms with van der Waals surface area (Å²) < 4.78 is 5.67. The molecular formula is C27H29NO3. The summed E-state index contributed by atoms with van der Waals surface area (Å²) in [5.74, 6) is -0.419. The lowest BCUT2D eigenvalue weighted by Crippen LogP contribution is -2.40. The van der Waals surface area contributed by atoms with Gasteiger partial charge in [-0.1, -0.05) is 67.6 Å². The molecule has 3 aromatic rings. The summed E-state index contributed by atoms with van der Waals surface area (Å²) in [5, 5.41) is 12.7. The third kappa shape index (κ3) is 5.76. The van der Waals surface area contributed by atoms with Gasteiger partial charge >= 0.3 is 5.97 Å². The van der Waals surface area contributed by atoms with Gasteiger partial charge in [0.25, 0.3) is 0 Å². The zero-order chi connectivity index (χ0) is 22.3. The van der Waals surface area contributed by atoms with E-state index in [0.717, 1.165) is 5.69 Å². The number of nitrogens with one attached hydrogen (secondary N) is 1. The molecule has 1 atom stereocenters. The van der Waals surface area contributed by atoms with Crippen molar-refractivity contribution in [1.82, 2.24) is 0 Å². The monoisotopic (exact) mass is 415 g/mol. The summed E-state index contributed by atoms with van der Waals surface area (Å²) in [7, 11) is 0. The van der Waals surface area contributed by atoms with E-state index in [2.05, 4.69) is 54.7 Å². The predicted octanol–water partition coefficient (Wildman–Crippen LogP) is 6.50. The summed E-state index contributed by atoms with van der Waals surface area (Å²) in [6.45, 7) is 6.18. The molecule has 0 aliphatic rings. The van der Waals surface area contributed by atoms with Crippen LogP contribution >= 0.6 is 0 Å². The molecule has 31 heavy (non-hydrogen) atoms. The molecule has 0 unspecified atom stereocenters. The second kappa shape index (κ2) is 9.98. The third-order valence-corrected chi connectivity index (χ3v) is 5.49. The van der Waals surface area contributed by atoms with E-state index in [1.54, 1.807) is 26.0 Å². The second-order valence-corrected chi connectivity index (χ2v) is 7.73. The molecule has 0 bridgehead atoms. The number of carboxylic acids is 1. The molecule has 0 aromatic heterocycles. The smallest absolute Gasteiger partial charge is 0.347 e. The lowest BCUT2D eigenvalue weighted by atomic mass is 10.0. The van der Waals surface area contributed by atoms with Crippen molar-refractivity contribution in [1.29, 1.82) is 0 Å². The quantitative estimate of drug-likeness (QED) is 0.419. The van der Waals surface area contributed by atoms with Crippen LogP contribution in [0.5, 0.6) is 5.75 Å². The summed E-state index contributed by atoms with van der Waals surface area (Å²) in [5.41, 5.74) is 4.55. The highest BCUT2D eigenvalue weighted by atomic mass is 16.5. The fraction of sp³-hybridized carbons (Fsp3) is 0.222. The fourth-order valence-corrected chi connectivity index (χ4v) is 3.16. The highest BCUT2D eigenvalue weighted by Gasteiger charge is 2.33. The Morgan fingerprint density at radius 1 is 0.968 bits per heavy atom. The number of carbonyl (C=O) groups is 1. The van der Waals surface area contributed by atoms with E-state index in [9.17, 15) is 9.90 Å². The molecule has 0 fully saturated rings. The second-order valence-electron chi connectivity index (χ2n) is 7.73. The lowest BCUT2D eigenvalue weighted by Gasteiger charge is -2.24. The van der Waals surface area contributed by atoms with Gasteiger partial charge in [-0.15, -0.1) is 0 Å². The first-order valence-electron chi connectivity index (χ1n) is 10.5. The summed E-state index contributed by atoms with van der Waals surface area (Å²) in [6, 6.07) is 26.3. The van der Waals surface area contributed by atoms with Crippen LogP contribution in [0.3, 0.4) is 0 Å². The Labute approximate surface area is 184 Å². The predicted molar refractivity (Wildman–Crippen MR) is 127 cm³/mol. The molecular weight excluding hydrogens is 386 g/mol. The van der Waals surface area contributed by atoms with Crippen molar-refractivity contribution in [2.75, 3.05) is 11.9 Å². The van der Waals surface area contributed by atoms with Crippen molar-refractivity contribution in [3.63, 3.8) is 0 Å². The Balaban J connectivity index is 1.57. The first-order valence-corrected chi connectivity index (χ1v) is 10.5. The molecule has 0 amide bonds. The van der Waals surface area contributed by atoms with Gasteiger partial charge < -0.3 is 15.2 Å². The van der Waals surface area contributed by atoms with Crippen LogP contribution < -0.4 is 10.1 Å². The van der Waals surface area contributed by atoms with E-state index < -0.39 is 11.6 Å². The summed E-state index contributed by atoms with van der Waals surface area (Å²) >= 11 is 0. The van der Waals surface area contributed by atoms with Gasteiger partial charge in [0.2, 0.25) is 5.60 Å². The highest BCUT2D eigenvalue weighted by Crippen LogP contribution is 2.24.